The van der Waals surface area contributed by atoms with Gasteiger partial charge in [-0.25, -0.2) is 4.89 Å². The van der Waals surface area contributed by atoms with Crippen molar-refractivity contribution in [2.24, 2.45) is 23.7 Å². The van der Waals surface area contributed by atoms with E-state index >= 15 is 0 Å². The number of carbonyl (C=O) groups excluding carboxylic acids is 1. The molecule has 6 rings (SSSR count). The summed E-state index contributed by atoms with van der Waals surface area (Å²) in [7, 11) is 0. The van der Waals surface area contributed by atoms with E-state index in [0.29, 0.717) is 41.6 Å². The smallest absolute Gasteiger partial charge is 0.306 e. The van der Waals surface area contributed by atoms with Gasteiger partial charge in [-0.05, 0) is 95.8 Å². The molecule has 244 valence electrons. The highest BCUT2D eigenvalue weighted by Gasteiger charge is 2.56. The summed E-state index contributed by atoms with van der Waals surface area (Å²) in [4.78, 5) is 34.3. The number of hydrogen-bond donors (Lipinski definition) is 1. The summed E-state index contributed by atoms with van der Waals surface area (Å²) < 4.78 is 23.4. The fraction of sp³-hybridized carbons (Fsp3) is 0.459. The first-order valence-electron chi connectivity index (χ1n) is 16.2. The third-order valence-electron chi connectivity index (χ3n) is 9.53. The van der Waals surface area contributed by atoms with Crippen molar-refractivity contribution in [3.05, 3.63) is 72.8 Å². The lowest BCUT2D eigenvalue weighted by Crippen LogP contribution is -2.59. The Morgan fingerprint density at radius 1 is 0.891 bits per heavy atom. The third kappa shape index (κ3) is 7.22. The average molecular weight is 631 g/mol. The molecule has 1 spiro atoms. The minimum atomic E-state index is -1.04. The van der Waals surface area contributed by atoms with Crippen LogP contribution in [0.1, 0.15) is 57.9 Å². The molecule has 0 aromatic heterocycles. The fourth-order valence-electron chi connectivity index (χ4n) is 7.30. The van der Waals surface area contributed by atoms with Crippen molar-refractivity contribution in [3.63, 3.8) is 0 Å². The van der Waals surface area contributed by atoms with Crippen molar-refractivity contribution in [2.45, 2.75) is 64.3 Å². The number of ether oxygens (including phenoxy) is 4. The van der Waals surface area contributed by atoms with Gasteiger partial charge in [0.1, 0.15) is 36.6 Å². The predicted octanol–water partition coefficient (Wildman–Crippen LogP) is 7.57. The molecule has 1 N–H and O–H groups in total. The normalized spacial score (nSPS) is 27.2. The van der Waals surface area contributed by atoms with Crippen molar-refractivity contribution >= 4 is 28.3 Å². The Balaban J connectivity index is 1.01. The molecule has 2 bridgehead atoms. The second-order valence-corrected chi connectivity index (χ2v) is 13.0. The summed E-state index contributed by atoms with van der Waals surface area (Å²) in [5, 5.41) is 10.6. The van der Waals surface area contributed by atoms with Gasteiger partial charge in [0, 0.05) is 11.8 Å². The van der Waals surface area contributed by atoms with E-state index in [4.69, 9.17) is 33.8 Å². The standard InChI is InChI=1S/C37H42O9/c1-23-16-26-18-24(2)37(30(17-23)19-26)43-22-34(45-46-37)25(3)27-4-8-31(9-5-27)44-33-11-7-28-6-10-32(20-29(28)21-33)41-14-15-42-36(40)13-12-35(38)39/h4-11,20-21,23-24,26,30,34H,3,12-19,22H2,1-2H3,(H,38,39). The third-order valence-corrected chi connectivity index (χ3v) is 9.53. The van der Waals surface area contributed by atoms with Crippen LogP contribution in [0.3, 0.4) is 0 Å². The molecule has 0 radical (unpaired) electrons. The lowest BCUT2D eigenvalue weighted by Gasteiger charge is -2.54. The van der Waals surface area contributed by atoms with Crippen molar-refractivity contribution in [1.29, 1.82) is 0 Å². The Morgan fingerprint density at radius 2 is 1.63 bits per heavy atom. The number of carboxylic acid groups (broad SMARTS) is 1. The lowest BCUT2D eigenvalue weighted by molar-refractivity contribution is -0.509. The molecule has 46 heavy (non-hydrogen) atoms. The van der Waals surface area contributed by atoms with Gasteiger partial charge >= 0.3 is 11.9 Å². The topological polar surface area (TPSA) is 110 Å². The van der Waals surface area contributed by atoms with Crippen LogP contribution in [-0.4, -0.2) is 48.8 Å². The molecule has 1 saturated heterocycles. The second kappa shape index (κ2) is 13.8. The SMILES string of the molecule is C=C(c1ccc(Oc2ccc3ccc(OCCOC(=O)CCC(=O)O)cc3c2)cc1)C1COC2(OO1)C(C)CC1CC(C)CC2C1. The first kappa shape index (κ1) is 32.0. The van der Waals surface area contributed by atoms with Crippen LogP contribution < -0.4 is 9.47 Å². The summed E-state index contributed by atoms with van der Waals surface area (Å²) in [6.07, 6.45) is 3.87. The zero-order valence-corrected chi connectivity index (χ0v) is 26.4. The molecule has 0 amide bonds. The van der Waals surface area contributed by atoms with Crippen LogP contribution in [0.25, 0.3) is 16.3 Å². The monoisotopic (exact) mass is 630 g/mol. The van der Waals surface area contributed by atoms with Crippen LogP contribution >= 0.6 is 0 Å². The van der Waals surface area contributed by atoms with Crippen molar-refractivity contribution in [1.82, 2.24) is 0 Å². The first-order chi connectivity index (χ1) is 22.2. The molecule has 6 atom stereocenters. The molecule has 3 aromatic rings. The summed E-state index contributed by atoms with van der Waals surface area (Å²) in [5.41, 5.74) is 1.73. The number of rotatable bonds is 11. The minimum absolute atomic E-state index is 0.0369. The maximum Gasteiger partial charge on any atom is 0.306 e. The van der Waals surface area contributed by atoms with Crippen LogP contribution in [0.5, 0.6) is 17.2 Å². The number of hydrogen-bond acceptors (Lipinski definition) is 8. The number of esters is 1. The summed E-state index contributed by atoms with van der Waals surface area (Å²) in [6.45, 7) is 9.46. The van der Waals surface area contributed by atoms with E-state index in [1.807, 2.05) is 60.7 Å². The van der Waals surface area contributed by atoms with Crippen LogP contribution in [0.15, 0.2) is 67.2 Å². The first-order valence-corrected chi connectivity index (χ1v) is 16.2. The predicted molar refractivity (Wildman–Crippen MR) is 171 cm³/mol. The summed E-state index contributed by atoms with van der Waals surface area (Å²) >= 11 is 0. The molecule has 3 aromatic carbocycles. The van der Waals surface area contributed by atoms with E-state index in [9.17, 15) is 9.59 Å². The van der Waals surface area contributed by atoms with Gasteiger partial charge in [-0.3, -0.25) is 9.59 Å². The highest BCUT2D eigenvalue weighted by atomic mass is 17.2. The molecular formula is C37H42O9. The Labute approximate surface area is 269 Å². The van der Waals surface area contributed by atoms with Gasteiger partial charge < -0.3 is 24.1 Å². The molecule has 2 saturated carbocycles. The van der Waals surface area contributed by atoms with E-state index in [0.717, 1.165) is 47.1 Å². The van der Waals surface area contributed by atoms with E-state index in [-0.39, 0.29) is 32.2 Å². The summed E-state index contributed by atoms with van der Waals surface area (Å²) in [5.74, 6) is 1.80. The Morgan fingerprint density at radius 3 is 2.37 bits per heavy atom. The average Bonchev–Trinajstić information content (AvgIpc) is 3.05. The van der Waals surface area contributed by atoms with Gasteiger partial charge in [-0.15, -0.1) is 0 Å². The maximum absolute atomic E-state index is 11.6. The van der Waals surface area contributed by atoms with Gasteiger partial charge in [0.25, 0.3) is 0 Å². The van der Waals surface area contributed by atoms with E-state index in [1.165, 1.54) is 6.42 Å². The van der Waals surface area contributed by atoms with Crippen molar-refractivity contribution in [2.75, 3.05) is 19.8 Å². The fourth-order valence-corrected chi connectivity index (χ4v) is 7.30. The van der Waals surface area contributed by atoms with E-state index in [1.54, 1.807) is 0 Å². The zero-order valence-electron chi connectivity index (χ0n) is 26.4. The zero-order chi connectivity index (χ0) is 32.3. The van der Waals surface area contributed by atoms with Crippen LogP contribution in [0, 0.1) is 23.7 Å². The number of aliphatic carboxylic acids is 1. The molecule has 3 aliphatic rings. The molecule has 2 aliphatic carbocycles. The molecule has 1 aliphatic heterocycles. The number of carbonyl (C=O) groups is 2. The number of fused-ring (bicyclic) bond motifs is 4. The quantitative estimate of drug-likeness (QED) is 0.130. The number of carboxylic acids is 1. The van der Waals surface area contributed by atoms with E-state index in [2.05, 4.69) is 20.4 Å². The largest absolute Gasteiger partial charge is 0.490 e. The van der Waals surface area contributed by atoms with Gasteiger partial charge in [-0.1, -0.05) is 44.7 Å². The summed E-state index contributed by atoms with van der Waals surface area (Å²) in [6, 6.07) is 19.2. The lowest BCUT2D eigenvalue weighted by atomic mass is 9.62. The Bertz CT molecular complexity index is 1550. The van der Waals surface area contributed by atoms with Gasteiger partial charge in [0.15, 0.2) is 0 Å². The highest BCUT2D eigenvalue weighted by molar-refractivity contribution is 5.85. The van der Waals surface area contributed by atoms with Crippen LogP contribution in [0.4, 0.5) is 0 Å². The van der Waals surface area contributed by atoms with Gasteiger partial charge in [0.05, 0.1) is 19.4 Å². The Hall–Kier alpha value is -3.92. The van der Waals surface area contributed by atoms with Gasteiger partial charge in [0.2, 0.25) is 5.79 Å². The minimum Gasteiger partial charge on any atom is -0.490 e. The van der Waals surface area contributed by atoms with Crippen molar-refractivity contribution in [3.8, 4) is 17.2 Å². The Kier molecular flexibility index (Phi) is 9.63. The van der Waals surface area contributed by atoms with Crippen LogP contribution in [0.2, 0.25) is 0 Å². The molecule has 3 fully saturated rings. The maximum atomic E-state index is 11.6. The van der Waals surface area contributed by atoms with Crippen molar-refractivity contribution < 1.29 is 43.4 Å². The van der Waals surface area contributed by atoms with Crippen LogP contribution in [-0.2, 0) is 28.8 Å². The molecule has 6 unspecified atom stereocenters. The molecule has 1 heterocycles. The highest BCUT2D eigenvalue weighted by Crippen LogP contribution is 2.53. The molecular weight excluding hydrogens is 588 g/mol. The molecule has 9 nitrogen and oxygen atoms in total. The van der Waals surface area contributed by atoms with Gasteiger partial charge in [-0.2, -0.15) is 4.89 Å². The van der Waals surface area contributed by atoms with E-state index < -0.39 is 17.7 Å². The second-order valence-electron chi connectivity index (χ2n) is 13.0. The molecule has 9 heteroatoms. The number of benzene rings is 3.